The number of carbonyl (C=O) groups is 1. The molecule has 1 rings (SSSR count). The van der Waals surface area contributed by atoms with Crippen LogP contribution in [0, 0.1) is 0 Å². The Morgan fingerprint density at radius 1 is 1.12 bits per heavy atom. The van der Waals surface area contributed by atoms with Gasteiger partial charge >= 0.3 is 5.97 Å². The first kappa shape index (κ1) is 14.4. The number of methoxy groups -OCH3 is 1. The number of ether oxygens (including phenoxy) is 3. The Morgan fingerprint density at radius 2 is 1.76 bits per heavy atom. The van der Waals surface area contributed by atoms with Crippen LogP contribution >= 0.6 is 0 Å². The van der Waals surface area contributed by atoms with Crippen molar-refractivity contribution in [1.29, 1.82) is 0 Å². The van der Waals surface area contributed by atoms with Gasteiger partial charge < -0.3 is 19.9 Å². The van der Waals surface area contributed by atoms with E-state index in [1.54, 1.807) is 7.11 Å². The number of carbonyl (C=O) groups excluding carboxylic acids is 1. The van der Waals surface area contributed by atoms with Crippen molar-refractivity contribution in [3.63, 3.8) is 0 Å². The smallest absolute Gasteiger partial charge is 0.326 e. The predicted octanol–water partition coefficient (Wildman–Crippen LogP) is 0.854. The largest absolute Gasteiger partial charge is 0.462 e. The minimum atomic E-state index is -0.759. The zero-order valence-corrected chi connectivity index (χ0v) is 10.6. The van der Waals surface area contributed by atoms with Crippen LogP contribution < -0.4 is 5.73 Å². The fourth-order valence-corrected chi connectivity index (χ4v) is 1.97. The maximum Gasteiger partial charge on any atom is 0.326 e. The van der Waals surface area contributed by atoms with Crippen molar-refractivity contribution in [3.05, 3.63) is 0 Å². The van der Waals surface area contributed by atoms with Crippen molar-refractivity contribution in [2.24, 2.45) is 5.73 Å². The zero-order chi connectivity index (χ0) is 12.6. The number of nitrogens with two attached hydrogens (primary N) is 1. The van der Waals surface area contributed by atoms with E-state index in [0.29, 0.717) is 19.8 Å². The van der Waals surface area contributed by atoms with Crippen LogP contribution in [-0.2, 0) is 19.0 Å². The summed E-state index contributed by atoms with van der Waals surface area (Å²) in [6.45, 7) is 1.73. The first-order chi connectivity index (χ1) is 8.19. The molecule has 1 aliphatic rings. The van der Waals surface area contributed by atoms with E-state index in [1.807, 2.05) is 0 Å². The summed E-state index contributed by atoms with van der Waals surface area (Å²) in [7, 11) is 1.62. The highest BCUT2D eigenvalue weighted by Gasteiger charge is 2.36. The summed E-state index contributed by atoms with van der Waals surface area (Å²) in [4.78, 5) is 11.8. The highest BCUT2D eigenvalue weighted by molar-refractivity contribution is 5.80. The maximum atomic E-state index is 11.8. The summed E-state index contributed by atoms with van der Waals surface area (Å²) >= 11 is 0. The highest BCUT2D eigenvalue weighted by Crippen LogP contribution is 2.26. The molecule has 0 aromatic rings. The molecule has 0 aromatic carbocycles. The molecule has 2 N–H and O–H groups in total. The van der Waals surface area contributed by atoms with E-state index in [-0.39, 0.29) is 12.6 Å². The van der Waals surface area contributed by atoms with E-state index >= 15 is 0 Å². The van der Waals surface area contributed by atoms with Crippen molar-refractivity contribution < 1.29 is 19.0 Å². The van der Waals surface area contributed by atoms with Gasteiger partial charge in [-0.2, -0.15) is 0 Å². The molecule has 1 saturated carbocycles. The third kappa shape index (κ3) is 5.02. The normalized spacial score (nSPS) is 18.9. The molecule has 1 aliphatic carbocycles. The summed E-state index contributed by atoms with van der Waals surface area (Å²) in [5, 5.41) is 0. The van der Waals surface area contributed by atoms with Crippen molar-refractivity contribution >= 4 is 5.97 Å². The second kappa shape index (κ2) is 7.63. The van der Waals surface area contributed by atoms with E-state index in [1.165, 1.54) is 0 Å². The van der Waals surface area contributed by atoms with Gasteiger partial charge in [-0.1, -0.05) is 19.3 Å². The standard InChI is InChI=1S/C12H23NO4/c1-15-7-8-16-9-10-17-11(14)12(13)5-3-2-4-6-12/h2-10,13H2,1H3. The van der Waals surface area contributed by atoms with E-state index < -0.39 is 5.54 Å². The third-order valence-electron chi connectivity index (χ3n) is 3.04. The number of rotatable bonds is 7. The molecule has 5 heteroatoms. The molecule has 0 atom stereocenters. The molecule has 0 aliphatic heterocycles. The molecule has 100 valence electrons. The molecule has 0 spiro atoms. The predicted molar refractivity (Wildman–Crippen MR) is 63.7 cm³/mol. The molecule has 1 fully saturated rings. The van der Waals surface area contributed by atoms with Gasteiger partial charge in [0, 0.05) is 7.11 Å². The molecule has 0 amide bonds. The van der Waals surface area contributed by atoms with E-state index in [0.717, 1.165) is 32.1 Å². The van der Waals surface area contributed by atoms with Crippen LogP contribution in [0.2, 0.25) is 0 Å². The third-order valence-corrected chi connectivity index (χ3v) is 3.04. The average molecular weight is 245 g/mol. The molecule has 0 heterocycles. The quantitative estimate of drug-likeness (QED) is 0.532. The molecular formula is C12H23NO4. The van der Waals surface area contributed by atoms with Crippen LogP contribution in [0.3, 0.4) is 0 Å². The molecule has 0 bridgehead atoms. The van der Waals surface area contributed by atoms with E-state index in [4.69, 9.17) is 19.9 Å². The van der Waals surface area contributed by atoms with Gasteiger partial charge in [-0.25, -0.2) is 0 Å². The molecular weight excluding hydrogens is 222 g/mol. The van der Waals surface area contributed by atoms with Gasteiger partial charge in [-0.15, -0.1) is 0 Å². The van der Waals surface area contributed by atoms with Gasteiger partial charge in [-0.3, -0.25) is 4.79 Å². The van der Waals surface area contributed by atoms with Crippen LogP contribution in [0.15, 0.2) is 0 Å². The lowest BCUT2D eigenvalue weighted by Gasteiger charge is -2.30. The summed E-state index contributed by atoms with van der Waals surface area (Å²) < 4.78 is 15.2. The summed E-state index contributed by atoms with van der Waals surface area (Å²) in [5.41, 5.74) is 5.27. The van der Waals surface area contributed by atoms with Crippen molar-refractivity contribution in [1.82, 2.24) is 0 Å². The summed E-state index contributed by atoms with van der Waals surface area (Å²) in [5.74, 6) is -0.285. The Kier molecular flexibility index (Phi) is 6.47. The van der Waals surface area contributed by atoms with Crippen LogP contribution in [0.5, 0.6) is 0 Å². The molecule has 5 nitrogen and oxygen atoms in total. The Bertz CT molecular complexity index is 227. The number of hydrogen-bond donors (Lipinski definition) is 1. The minimum absolute atomic E-state index is 0.265. The molecule has 0 radical (unpaired) electrons. The fourth-order valence-electron chi connectivity index (χ4n) is 1.97. The highest BCUT2D eigenvalue weighted by atomic mass is 16.6. The van der Waals surface area contributed by atoms with E-state index in [9.17, 15) is 4.79 Å². The monoisotopic (exact) mass is 245 g/mol. The average Bonchev–Trinajstić information content (AvgIpc) is 2.34. The van der Waals surface area contributed by atoms with E-state index in [2.05, 4.69) is 0 Å². The summed E-state index contributed by atoms with van der Waals surface area (Å²) in [6.07, 6.45) is 4.64. The number of esters is 1. The number of hydrogen-bond acceptors (Lipinski definition) is 5. The summed E-state index contributed by atoms with van der Waals surface area (Å²) in [6, 6.07) is 0. The first-order valence-corrected chi connectivity index (χ1v) is 6.22. The Hall–Kier alpha value is -0.650. The second-order valence-corrected chi connectivity index (χ2v) is 4.46. The zero-order valence-electron chi connectivity index (χ0n) is 10.6. The lowest BCUT2D eigenvalue weighted by atomic mass is 9.83. The molecule has 0 unspecified atom stereocenters. The minimum Gasteiger partial charge on any atom is -0.462 e. The van der Waals surface area contributed by atoms with Crippen molar-refractivity contribution in [2.75, 3.05) is 33.5 Å². The maximum absolute atomic E-state index is 11.8. The second-order valence-electron chi connectivity index (χ2n) is 4.46. The van der Waals surface area contributed by atoms with Crippen LogP contribution in [0.4, 0.5) is 0 Å². The van der Waals surface area contributed by atoms with Crippen LogP contribution in [-0.4, -0.2) is 45.0 Å². The fraction of sp³-hybridized carbons (Fsp3) is 0.917. The topological polar surface area (TPSA) is 70.8 Å². The lowest BCUT2D eigenvalue weighted by molar-refractivity contribution is -0.153. The lowest BCUT2D eigenvalue weighted by Crippen LogP contribution is -2.50. The van der Waals surface area contributed by atoms with Crippen LogP contribution in [0.1, 0.15) is 32.1 Å². The molecule has 0 saturated heterocycles. The van der Waals surface area contributed by atoms with Crippen molar-refractivity contribution in [3.8, 4) is 0 Å². The van der Waals surface area contributed by atoms with Gasteiger partial charge in [0.15, 0.2) is 0 Å². The Balaban J connectivity index is 2.11. The SMILES string of the molecule is COCCOCCOC(=O)C1(N)CCCCC1. The molecule has 17 heavy (non-hydrogen) atoms. The van der Waals surface area contributed by atoms with Gasteiger partial charge in [-0.05, 0) is 12.8 Å². The van der Waals surface area contributed by atoms with Gasteiger partial charge in [0.05, 0.1) is 19.8 Å². The van der Waals surface area contributed by atoms with Gasteiger partial charge in [0.2, 0.25) is 0 Å². The Labute approximate surface area is 103 Å². The first-order valence-electron chi connectivity index (χ1n) is 6.22. The van der Waals surface area contributed by atoms with Gasteiger partial charge in [0.25, 0.3) is 0 Å². The molecule has 0 aromatic heterocycles. The Morgan fingerprint density at radius 3 is 2.41 bits per heavy atom. The van der Waals surface area contributed by atoms with Crippen molar-refractivity contribution in [2.45, 2.75) is 37.6 Å². The van der Waals surface area contributed by atoms with Gasteiger partial charge in [0.1, 0.15) is 12.1 Å². The van der Waals surface area contributed by atoms with Crippen LogP contribution in [0.25, 0.3) is 0 Å².